The Morgan fingerprint density at radius 2 is 1.82 bits per heavy atom. The average molecular weight is 230 g/mol. The predicted molar refractivity (Wildman–Crippen MR) is 71.6 cm³/mol. The zero-order chi connectivity index (χ0) is 12.9. The molecule has 0 heterocycles. The molecule has 92 valence electrons. The molecule has 1 aromatic rings. The monoisotopic (exact) mass is 230 g/mol. The summed E-state index contributed by atoms with van der Waals surface area (Å²) in [6.45, 7) is 9.83. The number of hydrogen-bond donors (Lipinski definition) is 1. The molecule has 2 heteroatoms. The summed E-state index contributed by atoms with van der Waals surface area (Å²) >= 11 is 0. The van der Waals surface area contributed by atoms with Crippen molar-refractivity contribution in [1.29, 1.82) is 5.26 Å². The molecule has 0 spiro atoms. The highest BCUT2D eigenvalue weighted by molar-refractivity contribution is 5.24. The molecule has 0 unspecified atom stereocenters. The van der Waals surface area contributed by atoms with E-state index in [9.17, 15) is 0 Å². The molecule has 0 amide bonds. The maximum Gasteiger partial charge on any atom is 0.0697 e. The van der Waals surface area contributed by atoms with Crippen LogP contribution in [0.4, 0.5) is 0 Å². The largest absolute Gasteiger partial charge is 0.311 e. The molecule has 0 saturated carbocycles. The van der Waals surface area contributed by atoms with Gasteiger partial charge < -0.3 is 5.32 Å². The van der Waals surface area contributed by atoms with Gasteiger partial charge in [0.15, 0.2) is 0 Å². The van der Waals surface area contributed by atoms with E-state index in [2.05, 4.69) is 49.5 Å². The number of hydrogen-bond acceptors (Lipinski definition) is 2. The Balaban J connectivity index is 2.46. The van der Waals surface area contributed by atoms with Crippen molar-refractivity contribution in [2.45, 2.75) is 40.2 Å². The van der Waals surface area contributed by atoms with Gasteiger partial charge in [-0.2, -0.15) is 5.26 Å². The molecule has 0 radical (unpaired) electrons. The molecule has 0 aromatic heterocycles. The number of nitriles is 1. The summed E-state index contributed by atoms with van der Waals surface area (Å²) in [7, 11) is 0. The molecular formula is C15H22N2. The Bertz CT molecular complexity index is 382. The molecule has 1 aromatic carbocycles. The lowest BCUT2D eigenvalue weighted by atomic mass is 9.96. The van der Waals surface area contributed by atoms with Crippen LogP contribution in [-0.2, 0) is 6.54 Å². The van der Waals surface area contributed by atoms with E-state index in [0.29, 0.717) is 5.92 Å². The summed E-state index contributed by atoms with van der Waals surface area (Å²) in [5, 5.41) is 12.2. The van der Waals surface area contributed by atoms with Crippen LogP contribution < -0.4 is 5.32 Å². The van der Waals surface area contributed by atoms with Crippen molar-refractivity contribution in [2.24, 2.45) is 5.41 Å². The summed E-state index contributed by atoms with van der Waals surface area (Å²) in [6.07, 6.45) is 0. The van der Waals surface area contributed by atoms with Gasteiger partial charge in [-0.25, -0.2) is 0 Å². The van der Waals surface area contributed by atoms with Gasteiger partial charge in [-0.1, -0.05) is 38.1 Å². The highest BCUT2D eigenvalue weighted by Gasteiger charge is 2.15. The first-order valence-corrected chi connectivity index (χ1v) is 6.15. The molecule has 1 rings (SSSR count). The van der Waals surface area contributed by atoms with Crippen LogP contribution in [0, 0.1) is 16.7 Å². The van der Waals surface area contributed by atoms with Crippen LogP contribution in [0.5, 0.6) is 0 Å². The number of benzene rings is 1. The van der Waals surface area contributed by atoms with Gasteiger partial charge in [0.1, 0.15) is 0 Å². The quantitative estimate of drug-likeness (QED) is 0.841. The fourth-order valence-corrected chi connectivity index (χ4v) is 1.58. The SMILES string of the molecule is CC(C)c1ccc(CNCC(C)(C)C#N)cc1. The number of nitrogens with one attached hydrogen (secondary N) is 1. The van der Waals surface area contributed by atoms with Gasteiger partial charge in [0, 0.05) is 13.1 Å². The van der Waals surface area contributed by atoms with Crippen molar-refractivity contribution >= 4 is 0 Å². The lowest BCUT2D eigenvalue weighted by Gasteiger charge is -2.16. The van der Waals surface area contributed by atoms with Crippen LogP contribution in [0.25, 0.3) is 0 Å². The lowest BCUT2D eigenvalue weighted by molar-refractivity contribution is 0.445. The smallest absolute Gasteiger partial charge is 0.0697 e. The zero-order valence-corrected chi connectivity index (χ0v) is 11.2. The Labute approximate surface area is 105 Å². The van der Waals surface area contributed by atoms with Crippen molar-refractivity contribution in [3.63, 3.8) is 0 Å². The molecule has 17 heavy (non-hydrogen) atoms. The fraction of sp³-hybridized carbons (Fsp3) is 0.533. The Kier molecular flexibility index (Phi) is 4.72. The molecule has 1 N–H and O–H groups in total. The van der Waals surface area contributed by atoms with Crippen LogP contribution in [0.1, 0.15) is 44.7 Å². The van der Waals surface area contributed by atoms with Crippen LogP contribution in [0.15, 0.2) is 24.3 Å². The molecule has 0 atom stereocenters. The van der Waals surface area contributed by atoms with Crippen molar-refractivity contribution in [3.8, 4) is 6.07 Å². The summed E-state index contributed by atoms with van der Waals surface area (Å²) in [5.74, 6) is 0.578. The number of rotatable bonds is 5. The molecule has 0 bridgehead atoms. The maximum atomic E-state index is 8.90. The van der Waals surface area contributed by atoms with Crippen LogP contribution in [0.3, 0.4) is 0 Å². The third-order valence-corrected chi connectivity index (χ3v) is 2.85. The second-order valence-corrected chi connectivity index (χ2v) is 5.50. The molecule has 0 aliphatic heterocycles. The second kappa shape index (κ2) is 5.84. The van der Waals surface area contributed by atoms with Gasteiger partial charge >= 0.3 is 0 Å². The van der Waals surface area contributed by atoms with Crippen LogP contribution in [0.2, 0.25) is 0 Å². The number of nitrogens with zero attached hydrogens (tertiary/aromatic N) is 1. The van der Waals surface area contributed by atoms with Gasteiger partial charge in [-0.3, -0.25) is 0 Å². The van der Waals surface area contributed by atoms with Crippen molar-refractivity contribution in [3.05, 3.63) is 35.4 Å². The second-order valence-electron chi connectivity index (χ2n) is 5.50. The lowest BCUT2D eigenvalue weighted by Crippen LogP contribution is -2.27. The van der Waals surface area contributed by atoms with Crippen LogP contribution in [-0.4, -0.2) is 6.54 Å². The summed E-state index contributed by atoms with van der Waals surface area (Å²) < 4.78 is 0. The highest BCUT2D eigenvalue weighted by atomic mass is 14.9. The third-order valence-electron chi connectivity index (χ3n) is 2.85. The van der Waals surface area contributed by atoms with E-state index in [4.69, 9.17) is 5.26 Å². The first-order chi connectivity index (χ1) is 7.94. The van der Waals surface area contributed by atoms with Crippen molar-refractivity contribution < 1.29 is 0 Å². The van der Waals surface area contributed by atoms with Gasteiger partial charge in [0.05, 0.1) is 11.5 Å². The molecular weight excluding hydrogens is 208 g/mol. The minimum atomic E-state index is -0.294. The fourth-order valence-electron chi connectivity index (χ4n) is 1.58. The normalized spacial score (nSPS) is 11.5. The molecule has 0 fully saturated rings. The van der Waals surface area contributed by atoms with E-state index in [1.807, 2.05) is 13.8 Å². The summed E-state index contributed by atoms with van der Waals surface area (Å²) in [6, 6.07) is 11.0. The van der Waals surface area contributed by atoms with Gasteiger partial charge in [-0.05, 0) is 30.9 Å². The van der Waals surface area contributed by atoms with Gasteiger partial charge in [0.25, 0.3) is 0 Å². The highest BCUT2D eigenvalue weighted by Crippen LogP contribution is 2.15. The van der Waals surface area contributed by atoms with E-state index in [1.54, 1.807) is 0 Å². The average Bonchev–Trinajstić information content (AvgIpc) is 2.29. The van der Waals surface area contributed by atoms with Crippen LogP contribution >= 0.6 is 0 Å². The molecule has 0 saturated heterocycles. The van der Waals surface area contributed by atoms with E-state index >= 15 is 0 Å². The standard InChI is InChI=1S/C15H22N2/c1-12(2)14-7-5-13(6-8-14)9-17-11-15(3,4)10-16/h5-8,12,17H,9,11H2,1-4H3. The van der Waals surface area contributed by atoms with Crippen molar-refractivity contribution in [1.82, 2.24) is 5.32 Å². The molecule has 0 aliphatic carbocycles. The zero-order valence-electron chi connectivity index (χ0n) is 11.2. The van der Waals surface area contributed by atoms with Crippen molar-refractivity contribution in [2.75, 3.05) is 6.54 Å². The van der Waals surface area contributed by atoms with E-state index in [1.165, 1.54) is 11.1 Å². The summed E-state index contributed by atoms with van der Waals surface area (Å²) in [4.78, 5) is 0. The predicted octanol–water partition coefficient (Wildman–Crippen LogP) is 3.45. The third kappa shape index (κ3) is 4.58. The summed E-state index contributed by atoms with van der Waals surface area (Å²) in [5.41, 5.74) is 2.34. The molecule has 2 nitrogen and oxygen atoms in total. The minimum absolute atomic E-state index is 0.294. The van der Waals surface area contributed by atoms with E-state index in [-0.39, 0.29) is 5.41 Å². The topological polar surface area (TPSA) is 35.8 Å². The Morgan fingerprint density at radius 3 is 2.29 bits per heavy atom. The first-order valence-electron chi connectivity index (χ1n) is 6.15. The minimum Gasteiger partial charge on any atom is -0.311 e. The first kappa shape index (κ1) is 13.7. The van der Waals surface area contributed by atoms with Gasteiger partial charge in [0.2, 0.25) is 0 Å². The van der Waals surface area contributed by atoms with Gasteiger partial charge in [-0.15, -0.1) is 0 Å². The Morgan fingerprint density at radius 1 is 1.24 bits per heavy atom. The Hall–Kier alpha value is -1.33. The van der Waals surface area contributed by atoms with E-state index < -0.39 is 0 Å². The molecule has 0 aliphatic rings. The maximum absolute atomic E-state index is 8.90. The van der Waals surface area contributed by atoms with E-state index in [0.717, 1.165) is 13.1 Å².